The summed E-state index contributed by atoms with van der Waals surface area (Å²) in [6.07, 6.45) is 10.9. The number of para-hydroxylation sites is 1. The predicted octanol–water partition coefficient (Wildman–Crippen LogP) is 4.16. The maximum absolute atomic E-state index is 6.41. The highest BCUT2D eigenvalue weighted by Gasteiger charge is 2.23. The summed E-state index contributed by atoms with van der Waals surface area (Å²) in [5.41, 5.74) is 9.35. The van der Waals surface area contributed by atoms with Crippen LogP contribution in [0.3, 0.4) is 0 Å². The van der Waals surface area contributed by atoms with E-state index in [-0.39, 0.29) is 6.04 Å². The minimum absolute atomic E-state index is 0.288. The van der Waals surface area contributed by atoms with E-state index in [4.69, 9.17) is 10.5 Å². The molecule has 0 saturated carbocycles. The smallest absolute Gasteiger partial charge is 0.122 e. The molecule has 2 aliphatic rings. The summed E-state index contributed by atoms with van der Waals surface area (Å²) < 4.78 is 5.73. The Morgan fingerprint density at radius 1 is 1.25 bits per heavy atom. The second-order valence-electron chi connectivity index (χ2n) is 6.18. The highest BCUT2D eigenvalue weighted by atomic mass is 16.5. The molecule has 2 unspecified atom stereocenters. The van der Waals surface area contributed by atoms with Crippen LogP contribution in [-0.2, 0) is 0 Å². The topological polar surface area (TPSA) is 35.2 Å². The maximum Gasteiger partial charge on any atom is 0.122 e. The zero-order valence-corrected chi connectivity index (χ0v) is 12.2. The van der Waals surface area contributed by atoms with Gasteiger partial charge in [0.2, 0.25) is 0 Å². The molecule has 0 spiro atoms. The Kier molecular flexibility index (Phi) is 4.41. The van der Waals surface area contributed by atoms with Gasteiger partial charge in [0.05, 0.1) is 6.61 Å². The van der Waals surface area contributed by atoms with E-state index in [0.29, 0.717) is 5.92 Å². The van der Waals surface area contributed by atoms with Gasteiger partial charge in [-0.05, 0) is 62.5 Å². The molecule has 0 fully saturated rings. The summed E-state index contributed by atoms with van der Waals surface area (Å²) in [6, 6.07) is 8.72. The molecule has 1 aliphatic carbocycles. The molecule has 0 aromatic heterocycles. The van der Waals surface area contributed by atoms with Gasteiger partial charge in [-0.15, -0.1) is 0 Å². The van der Waals surface area contributed by atoms with Crippen molar-refractivity contribution in [2.75, 3.05) is 6.61 Å². The van der Waals surface area contributed by atoms with Crippen LogP contribution >= 0.6 is 0 Å². The van der Waals surface area contributed by atoms with Gasteiger partial charge in [0.15, 0.2) is 0 Å². The third-order valence-corrected chi connectivity index (χ3v) is 4.58. The first-order valence-corrected chi connectivity index (χ1v) is 7.98. The molecule has 20 heavy (non-hydrogen) atoms. The number of hydrogen-bond acceptors (Lipinski definition) is 2. The molecule has 2 heteroatoms. The second kappa shape index (κ2) is 6.45. The lowest BCUT2D eigenvalue weighted by atomic mass is 9.85. The average molecular weight is 271 g/mol. The van der Waals surface area contributed by atoms with Crippen molar-refractivity contribution in [3.8, 4) is 5.75 Å². The van der Waals surface area contributed by atoms with E-state index in [1.165, 1.54) is 31.2 Å². The van der Waals surface area contributed by atoms with Crippen LogP contribution in [0.1, 0.15) is 56.4 Å². The Balaban J connectivity index is 1.62. The van der Waals surface area contributed by atoms with Gasteiger partial charge in [0.25, 0.3) is 0 Å². The zero-order chi connectivity index (χ0) is 13.8. The third-order valence-electron chi connectivity index (χ3n) is 4.58. The van der Waals surface area contributed by atoms with E-state index >= 15 is 0 Å². The number of nitrogens with two attached hydrogens (primary N) is 1. The highest BCUT2D eigenvalue weighted by molar-refractivity contribution is 5.37. The van der Waals surface area contributed by atoms with Crippen LogP contribution in [0.25, 0.3) is 0 Å². The fraction of sp³-hybridized carbons (Fsp3) is 0.556. The van der Waals surface area contributed by atoms with Crippen molar-refractivity contribution < 1.29 is 4.74 Å². The summed E-state index contributed by atoms with van der Waals surface area (Å²) in [6.45, 7) is 0.830. The normalized spacial score (nSPS) is 23.4. The van der Waals surface area contributed by atoms with Gasteiger partial charge in [0.1, 0.15) is 5.75 Å². The van der Waals surface area contributed by atoms with Gasteiger partial charge in [-0.1, -0.05) is 29.8 Å². The highest BCUT2D eigenvalue weighted by Crippen LogP contribution is 2.36. The molecule has 1 aromatic rings. The Labute approximate surface area is 122 Å². The summed E-state index contributed by atoms with van der Waals surface area (Å²) in [7, 11) is 0. The molecule has 3 rings (SSSR count). The van der Waals surface area contributed by atoms with Gasteiger partial charge in [-0.3, -0.25) is 0 Å². The van der Waals surface area contributed by atoms with Crippen LogP contribution in [0.15, 0.2) is 35.9 Å². The summed E-state index contributed by atoms with van der Waals surface area (Å²) in [4.78, 5) is 0. The fourth-order valence-corrected chi connectivity index (χ4v) is 3.54. The molecule has 1 aliphatic heterocycles. The van der Waals surface area contributed by atoms with Crippen molar-refractivity contribution in [2.24, 2.45) is 5.73 Å². The van der Waals surface area contributed by atoms with E-state index in [0.717, 1.165) is 31.6 Å². The Morgan fingerprint density at radius 3 is 3.00 bits per heavy atom. The van der Waals surface area contributed by atoms with E-state index in [2.05, 4.69) is 24.3 Å². The molecule has 0 radical (unpaired) electrons. The first kappa shape index (κ1) is 13.7. The Morgan fingerprint density at radius 2 is 2.15 bits per heavy atom. The second-order valence-corrected chi connectivity index (χ2v) is 6.18. The summed E-state index contributed by atoms with van der Waals surface area (Å²) in [5, 5.41) is 0. The molecule has 1 heterocycles. The minimum atomic E-state index is 0.288. The lowest BCUT2D eigenvalue weighted by Crippen LogP contribution is -2.26. The van der Waals surface area contributed by atoms with Crippen LogP contribution in [0.5, 0.6) is 5.75 Å². The third kappa shape index (κ3) is 3.24. The van der Waals surface area contributed by atoms with Gasteiger partial charge < -0.3 is 10.5 Å². The van der Waals surface area contributed by atoms with Gasteiger partial charge >= 0.3 is 0 Å². The molecule has 0 amide bonds. The number of fused-ring (bicyclic) bond motifs is 1. The standard InChI is InChI=1S/C18H25NO/c19-16(12-14-6-2-1-3-7-14)13-15-10-11-20-18-9-5-4-8-17(15)18/h4-6,8-9,15-16H,1-3,7,10-13,19H2. The first-order chi connectivity index (χ1) is 9.83. The van der Waals surface area contributed by atoms with E-state index < -0.39 is 0 Å². The van der Waals surface area contributed by atoms with Crippen LogP contribution in [0.2, 0.25) is 0 Å². The quantitative estimate of drug-likeness (QED) is 0.834. The molecule has 2 atom stereocenters. The van der Waals surface area contributed by atoms with Gasteiger partial charge in [0, 0.05) is 6.04 Å². The molecule has 108 valence electrons. The van der Waals surface area contributed by atoms with Crippen molar-refractivity contribution in [1.82, 2.24) is 0 Å². The maximum atomic E-state index is 6.41. The number of benzene rings is 1. The zero-order valence-electron chi connectivity index (χ0n) is 12.2. The number of allylic oxidation sites excluding steroid dienone is 1. The van der Waals surface area contributed by atoms with Crippen LogP contribution < -0.4 is 10.5 Å². The van der Waals surface area contributed by atoms with Crippen molar-refractivity contribution in [3.05, 3.63) is 41.5 Å². The van der Waals surface area contributed by atoms with Crippen LogP contribution in [0, 0.1) is 0 Å². The van der Waals surface area contributed by atoms with Crippen molar-refractivity contribution >= 4 is 0 Å². The molecular weight excluding hydrogens is 246 g/mol. The van der Waals surface area contributed by atoms with E-state index in [1.807, 2.05) is 6.07 Å². The lowest BCUT2D eigenvalue weighted by molar-refractivity contribution is 0.258. The largest absolute Gasteiger partial charge is 0.493 e. The summed E-state index contributed by atoms with van der Waals surface area (Å²) in [5.74, 6) is 1.63. The van der Waals surface area contributed by atoms with Crippen LogP contribution in [0.4, 0.5) is 0 Å². The van der Waals surface area contributed by atoms with E-state index in [1.54, 1.807) is 5.57 Å². The van der Waals surface area contributed by atoms with Gasteiger partial charge in [-0.2, -0.15) is 0 Å². The monoisotopic (exact) mass is 271 g/mol. The molecule has 0 saturated heterocycles. The molecule has 0 bridgehead atoms. The van der Waals surface area contributed by atoms with Gasteiger partial charge in [-0.25, -0.2) is 0 Å². The van der Waals surface area contributed by atoms with Crippen molar-refractivity contribution in [2.45, 2.75) is 56.9 Å². The van der Waals surface area contributed by atoms with E-state index in [9.17, 15) is 0 Å². The molecule has 2 N–H and O–H groups in total. The van der Waals surface area contributed by atoms with Crippen LogP contribution in [-0.4, -0.2) is 12.6 Å². The van der Waals surface area contributed by atoms with Crippen molar-refractivity contribution in [3.63, 3.8) is 0 Å². The fourth-order valence-electron chi connectivity index (χ4n) is 3.54. The number of ether oxygens (including phenoxy) is 1. The average Bonchev–Trinajstić information content (AvgIpc) is 2.48. The first-order valence-electron chi connectivity index (χ1n) is 7.98. The molecule has 2 nitrogen and oxygen atoms in total. The number of rotatable bonds is 4. The lowest BCUT2D eigenvalue weighted by Gasteiger charge is -2.28. The summed E-state index contributed by atoms with van der Waals surface area (Å²) >= 11 is 0. The molecular formula is C18H25NO. The predicted molar refractivity (Wildman–Crippen MR) is 83.1 cm³/mol. The SMILES string of the molecule is NC(CC1=CCCCC1)CC1CCOc2ccccc21. The van der Waals surface area contributed by atoms with Crippen molar-refractivity contribution in [1.29, 1.82) is 0 Å². The molecule has 1 aromatic carbocycles. The number of hydrogen-bond donors (Lipinski definition) is 1. The Hall–Kier alpha value is -1.28. The Bertz CT molecular complexity index is 480. The minimum Gasteiger partial charge on any atom is -0.493 e.